The average Bonchev–Trinajstić information content (AvgIpc) is 2.30. The normalized spacial score (nSPS) is 19.7. The number of nitrogens with zero attached hydrogens (tertiary/aromatic N) is 3. The molecule has 1 rings (SSSR count). The number of likely N-dealkylation sites (tertiary alicyclic amines) is 1. The van der Waals surface area contributed by atoms with Gasteiger partial charge in [0.1, 0.15) is 5.82 Å². The summed E-state index contributed by atoms with van der Waals surface area (Å²) in [7, 11) is 0. The van der Waals surface area contributed by atoms with Crippen LogP contribution in [0, 0.1) is 5.92 Å². The van der Waals surface area contributed by atoms with Crippen molar-refractivity contribution in [3.8, 4) is 0 Å². The monoisotopic (exact) mass is 207 g/mol. The van der Waals surface area contributed by atoms with Gasteiger partial charge in [-0.2, -0.15) is 0 Å². The Bertz CT molecular complexity index is 260. The van der Waals surface area contributed by atoms with Crippen molar-refractivity contribution < 1.29 is 0 Å². The summed E-state index contributed by atoms with van der Waals surface area (Å²) in [6, 6.07) is 0. The summed E-state index contributed by atoms with van der Waals surface area (Å²) in [6.45, 7) is 13.5. The SMILES string of the molecule is C=N/C(C)=C(\N=C)N1CCC(CC)CC1. The van der Waals surface area contributed by atoms with E-state index in [0.717, 1.165) is 30.5 Å². The maximum atomic E-state index is 4.06. The maximum absolute atomic E-state index is 4.06. The fourth-order valence-electron chi connectivity index (χ4n) is 2.07. The standard InChI is InChI=1S/C12H21N3/c1-5-11-6-8-15(9-7-11)12(14-4)10(2)13-3/h11H,3-9H2,1-2H3/b12-10+. The lowest BCUT2D eigenvalue weighted by atomic mass is 9.94. The van der Waals surface area contributed by atoms with E-state index in [1.807, 2.05) is 6.92 Å². The molecule has 0 spiro atoms. The molecular weight excluding hydrogens is 186 g/mol. The predicted molar refractivity (Wildman–Crippen MR) is 66.4 cm³/mol. The van der Waals surface area contributed by atoms with Crippen molar-refractivity contribution in [2.45, 2.75) is 33.1 Å². The minimum absolute atomic E-state index is 0.875. The fraction of sp³-hybridized carbons (Fsp3) is 0.667. The molecular formula is C12H21N3. The molecule has 0 aromatic heterocycles. The third kappa shape index (κ3) is 2.91. The van der Waals surface area contributed by atoms with Crippen LogP contribution in [0.25, 0.3) is 0 Å². The second kappa shape index (κ2) is 5.69. The van der Waals surface area contributed by atoms with Crippen LogP contribution in [0.15, 0.2) is 21.5 Å². The molecule has 0 radical (unpaired) electrons. The van der Waals surface area contributed by atoms with E-state index in [-0.39, 0.29) is 0 Å². The molecule has 0 bridgehead atoms. The molecule has 0 aliphatic carbocycles. The average molecular weight is 207 g/mol. The Balaban J connectivity index is 2.66. The first-order chi connectivity index (χ1) is 7.22. The molecule has 1 aliphatic heterocycles. The first kappa shape index (κ1) is 12.0. The van der Waals surface area contributed by atoms with Crippen LogP contribution in [0.2, 0.25) is 0 Å². The minimum atomic E-state index is 0.875. The third-order valence-corrected chi connectivity index (χ3v) is 3.20. The number of hydrogen-bond acceptors (Lipinski definition) is 3. The summed E-state index contributed by atoms with van der Waals surface area (Å²) >= 11 is 0. The molecule has 0 amide bonds. The molecule has 1 fully saturated rings. The Labute approximate surface area is 92.6 Å². The van der Waals surface area contributed by atoms with Crippen LogP contribution in [0.1, 0.15) is 33.1 Å². The summed E-state index contributed by atoms with van der Waals surface area (Å²) in [5, 5.41) is 0. The van der Waals surface area contributed by atoms with Gasteiger partial charge in [0, 0.05) is 13.1 Å². The highest BCUT2D eigenvalue weighted by molar-refractivity contribution is 5.34. The summed E-state index contributed by atoms with van der Waals surface area (Å²) < 4.78 is 0. The van der Waals surface area contributed by atoms with Gasteiger partial charge in [-0.05, 0) is 39.1 Å². The van der Waals surface area contributed by atoms with Crippen LogP contribution in [-0.2, 0) is 0 Å². The first-order valence-electron chi connectivity index (χ1n) is 5.62. The van der Waals surface area contributed by atoms with Gasteiger partial charge < -0.3 is 4.90 Å². The van der Waals surface area contributed by atoms with Crippen LogP contribution in [0.3, 0.4) is 0 Å². The van der Waals surface area contributed by atoms with Gasteiger partial charge in [0.2, 0.25) is 0 Å². The van der Waals surface area contributed by atoms with Gasteiger partial charge in [0.25, 0.3) is 0 Å². The smallest absolute Gasteiger partial charge is 0.149 e. The number of piperidine rings is 1. The lowest BCUT2D eigenvalue weighted by Gasteiger charge is -2.33. The van der Waals surface area contributed by atoms with E-state index in [1.54, 1.807) is 0 Å². The van der Waals surface area contributed by atoms with Crippen molar-refractivity contribution in [1.29, 1.82) is 0 Å². The highest BCUT2D eigenvalue weighted by Crippen LogP contribution is 2.24. The van der Waals surface area contributed by atoms with Gasteiger partial charge in [-0.25, -0.2) is 4.99 Å². The lowest BCUT2D eigenvalue weighted by Crippen LogP contribution is -2.32. The van der Waals surface area contributed by atoms with Gasteiger partial charge in [-0.3, -0.25) is 4.99 Å². The molecule has 84 valence electrons. The van der Waals surface area contributed by atoms with Crippen molar-refractivity contribution in [2.75, 3.05) is 13.1 Å². The van der Waals surface area contributed by atoms with Gasteiger partial charge in [-0.1, -0.05) is 13.3 Å². The van der Waals surface area contributed by atoms with Gasteiger partial charge in [0.15, 0.2) is 0 Å². The topological polar surface area (TPSA) is 28.0 Å². The molecule has 0 atom stereocenters. The van der Waals surface area contributed by atoms with E-state index in [4.69, 9.17) is 0 Å². The van der Waals surface area contributed by atoms with Crippen molar-refractivity contribution in [2.24, 2.45) is 15.9 Å². The minimum Gasteiger partial charge on any atom is -0.355 e. The van der Waals surface area contributed by atoms with Gasteiger partial charge in [-0.15, -0.1) is 0 Å². The van der Waals surface area contributed by atoms with Crippen LogP contribution in [0.5, 0.6) is 0 Å². The molecule has 1 saturated heterocycles. The zero-order valence-electron chi connectivity index (χ0n) is 9.87. The maximum Gasteiger partial charge on any atom is 0.149 e. The van der Waals surface area contributed by atoms with Crippen LogP contribution in [-0.4, -0.2) is 31.4 Å². The van der Waals surface area contributed by atoms with E-state index >= 15 is 0 Å². The second-order valence-corrected chi connectivity index (χ2v) is 4.06. The summed E-state index contributed by atoms with van der Waals surface area (Å²) in [5.74, 6) is 1.78. The quantitative estimate of drug-likeness (QED) is 0.651. The Kier molecular flexibility index (Phi) is 4.53. The number of rotatable bonds is 4. The Morgan fingerprint density at radius 1 is 1.27 bits per heavy atom. The largest absolute Gasteiger partial charge is 0.355 e. The first-order valence-corrected chi connectivity index (χ1v) is 5.62. The van der Waals surface area contributed by atoms with Crippen LogP contribution in [0.4, 0.5) is 0 Å². The van der Waals surface area contributed by atoms with E-state index in [9.17, 15) is 0 Å². The van der Waals surface area contributed by atoms with Crippen molar-refractivity contribution in [1.82, 2.24) is 4.90 Å². The summed E-state index contributed by atoms with van der Waals surface area (Å²) in [4.78, 5) is 10.3. The van der Waals surface area contributed by atoms with Gasteiger partial charge in [0.05, 0.1) is 5.70 Å². The van der Waals surface area contributed by atoms with Crippen LogP contribution >= 0.6 is 0 Å². The highest BCUT2D eigenvalue weighted by atomic mass is 15.2. The third-order valence-electron chi connectivity index (χ3n) is 3.20. The zero-order valence-corrected chi connectivity index (χ0v) is 9.87. The summed E-state index contributed by atoms with van der Waals surface area (Å²) in [6.07, 6.45) is 3.78. The molecule has 1 heterocycles. The second-order valence-electron chi connectivity index (χ2n) is 4.06. The zero-order chi connectivity index (χ0) is 11.3. The molecule has 0 saturated carbocycles. The summed E-state index contributed by atoms with van der Waals surface area (Å²) in [5.41, 5.74) is 0.875. The fourth-order valence-corrected chi connectivity index (χ4v) is 2.07. The molecule has 0 aromatic rings. The predicted octanol–water partition coefficient (Wildman–Crippen LogP) is 2.70. The number of hydrogen-bond donors (Lipinski definition) is 0. The van der Waals surface area contributed by atoms with E-state index in [2.05, 4.69) is 35.2 Å². The van der Waals surface area contributed by atoms with Crippen molar-refractivity contribution in [3.63, 3.8) is 0 Å². The molecule has 3 nitrogen and oxygen atoms in total. The van der Waals surface area contributed by atoms with Crippen molar-refractivity contribution in [3.05, 3.63) is 11.5 Å². The van der Waals surface area contributed by atoms with E-state index < -0.39 is 0 Å². The Morgan fingerprint density at radius 2 is 1.87 bits per heavy atom. The van der Waals surface area contributed by atoms with Gasteiger partial charge >= 0.3 is 0 Å². The Morgan fingerprint density at radius 3 is 2.27 bits per heavy atom. The van der Waals surface area contributed by atoms with Crippen LogP contribution < -0.4 is 0 Å². The molecule has 0 unspecified atom stereocenters. The van der Waals surface area contributed by atoms with E-state index in [0.29, 0.717) is 0 Å². The number of allylic oxidation sites excluding steroid dienone is 1. The highest BCUT2D eigenvalue weighted by Gasteiger charge is 2.19. The number of aliphatic imine (C=N–C) groups is 2. The Hall–Kier alpha value is -1.12. The molecule has 3 heteroatoms. The molecule has 0 aromatic carbocycles. The molecule has 1 aliphatic rings. The lowest BCUT2D eigenvalue weighted by molar-refractivity contribution is 0.220. The van der Waals surface area contributed by atoms with E-state index in [1.165, 1.54) is 19.3 Å². The van der Waals surface area contributed by atoms with Crippen molar-refractivity contribution >= 4 is 13.4 Å². The molecule has 15 heavy (non-hydrogen) atoms. The molecule has 0 N–H and O–H groups in total.